The van der Waals surface area contributed by atoms with Crippen LogP contribution in [-0.2, 0) is 6.42 Å². The zero-order valence-electron chi connectivity index (χ0n) is 15.7. The van der Waals surface area contributed by atoms with Crippen LogP contribution in [0.25, 0.3) is 0 Å². The first kappa shape index (κ1) is 18.2. The topological polar surface area (TPSA) is 48.5 Å². The van der Waals surface area contributed by atoms with E-state index in [2.05, 4.69) is 32.2 Å². The molecule has 1 aromatic heterocycles. The molecule has 1 aromatic rings. The fourth-order valence-electron chi connectivity index (χ4n) is 3.58. The summed E-state index contributed by atoms with van der Waals surface area (Å²) in [6.45, 7) is 8.23. The Morgan fingerprint density at radius 2 is 2.04 bits per heavy atom. The number of carbonyl (C=O) groups excluding carboxylic acids is 1. The normalized spacial score (nSPS) is 19.2. The number of amides is 2. The van der Waals surface area contributed by atoms with E-state index in [1.165, 1.54) is 12.8 Å². The third-order valence-corrected chi connectivity index (χ3v) is 5.23. The summed E-state index contributed by atoms with van der Waals surface area (Å²) in [5.41, 5.74) is 1.16. The lowest BCUT2D eigenvalue weighted by Crippen LogP contribution is -2.52. The minimum absolute atomic E-state index is 0.133. The molecule has 0 aromatic carbocycles. The highest BCUT2D eigenvalue weighted by atomic mass is 16.2. The van der Waals surface area contributed by atoms with Gasteiger partial charge in [0.05, 0.1) is 0 Å². The Kier molecular flexibility index (Phi) is 6.29. The van der Waals surface area contributed by atoms with Crippen molar-refractivity contribution in [2.75, 3.05) is 26.2 Å². The number of carbonyl (C=O) groups is 1. The zero-order valence-corrected chi connectivity index (χ0v) is 15.7. The number of urea groups is 1. The second-order valence-electron chi connectivity index (χ2n) is 7.84. The summed E-state index contributed by atoms with van der Waals surface area (Å²) < 4.78 is 0. The van der Waals surface area contributed by atoms with Crippen molar-refractivity contribution in [1.82, 2.24) is 20.1 Å². The summed E-state index contributed by atoms with van der Waals surface area (Å²) in [6, 6.07) is 6.84. The predicted molar refractivity (Wildman–Crippen MR) is 101 cm³/mol. The van der Waals surface area contributed by atoms with Gasteiger partial charge in [-0.1, -0.05) is 6.07 Å². The second kappa shape index (κ2) is 8.65. The number of nitrogens with one attached hydrogen (secondary N) is 1. The molecule has 0 spiro atoms. The molecule has 2 aliphatic rings. The summed E-state index contributed by atoms with van der Waals surface area (Å²) >= 11 is 0. The van der Waals surface area contributed by atoms with Crippen LogP contribution in [0.3, 0.4) is 0 Å². The highest BCUT2D eigenvalue weighted by Gasteiger charge is 2.33. The van der Waals surface area contributed by atoms with Crippen LogP contribution in [0.2, 0.25) is 0 Å². The van der Waals surface area contributed by atoms with Gasteiger partial charge in [-0.2, -0.15) is 0 Å². The van der Waals surface area contributed by atoms with E-state index in [1.807, 2.05) is 26.1 Å². The van der Waals surface area contributed by atoms with Gasteiger partial charge >= 0.3 is 6.03 Å². The SMILES string of the molecule is CC(C)NC(=O)N(CC1CC1)C1CCN(CCc2ccccn2)CC1. The van der Waals surface area contributed by atoms with E-state index in [0.29, 0.717) is 6.04 Å². The first-order chi connectivity index (χ1) is 12.1. The molecule has 25 heavy (non-hydrogen) atoms. The molecule has 1 saturated heterocycles. The van der Waals surface area contributed by atoms with Gasteiger partial charge in [-0.25, -0.2) is 4.79 Å². The summed E-state index contributed by atoms with van der Waals surface area (Å²) in [6.07, 6.45) is 7.61. The number of nitrogens with zero attached hydrogens (tertiary/aromatic N) is 3. The largest absolute Gasteiger partial charge is 0.336 e. The fraction of sp³-hybridized carbons (Fsp3) is 0.700. The molecule has 0 unspecified atom stereocenters. The number of likely N-dealkylation sites (tertiary alicyclic amines) is 1. The molecule has 138 valence electrons. The van der Waals surface area contributed by atoms with Gasteiger partial charge in [-0.15, -0.1) is 0 Å². The van der Waals surface area contributed by atoms with Gasteiger partial charge in [-0.3, -0.25) is 4.98 Å². The molecular formula is C20H32N4O. The van der Waals surface area contributed by atoms with Gasteiger partial charge in [-0.05, 0) is 57.6 Å². The first-order valence-electron chi connectivity index (χ1n) is 9.81. The van der Waals surface area contributed by atoms with Gasteiger partial charge in [0, 0.05) is 56.6 Å². The lowest BCUT2D eigenvalue weighted by molar-refractivity contribution is 0.117. The molecule has 5 nitrogen and oxygen atoms in total. The van der Waals surface area contributed by atoms with Crippen LogP contribution in [-0.4, -0.2) is 59.1 Å². The van der Waals surface area contributed by atoms with Crippen molar-refractivity contribution in [3.63, 3.8) is 0 Å². The van der Waals surface area contributed by atoms with E-state index in [9.17, 15) is 4.79 Å². The smallest absolute Gasteiger partial charge is 0.317 e. The van der Waals surface area contributed by atoms with Gasteiger partial charge in [0.1, 0.15) is 0 Å². The van der Waals surface area contributed by atoms with Gasteiger partial charge in [0.2, 0.25) is 0 Å². The van der Waals surface area contributed by atoms with Crippen LogP contribution >= 0.6 is 0 Å². The molecule has 1 aliphatic carbocycles. The fourth-order valence-corrected chi connectivity index (χ4v) is 3.58. The van der Waals surface area contributed by atoms with Crippen molar-refractivity contribution < 1.29 is 4.79 Å². The second-order valence-corrected chi connectivity index (χ2v) is 7.84. The van der Waals surface area contributed by atoms with Gasteiger partial charge < -0.3 is 15.1 Å². The van der Waals surface area contributed by atoms with Crippen molar-refractivity contribution in [2.24, 2.45) is 5.92 Å². The summed E-state index contributed by atoms with van der Waals surface area (Å²) in [5.74, 6) is 0.736. The van der Waals surface area contributed by atoms with Crippen molar-refractivity contribution in [3.05, 3.63) is 30.1 Å². The van der Waals surface area contributed by atoms with Crippen LogP contribution in [0, 0.1) is 5.92 Å². The Balaban J connectivity index is 1.47. The van der Waals surface area contributed by atoms with Crippen molar-refractivity contribution in [1.29, 1.82) is 0 Å². The third-order valence-electron chi connectivity index (χ3n) is 5.23. The first-order valence-corrected chi connectivity index (χ1v) is 9.81. The molecule has 1 N–H and O–H groups in total. The summed E-state index contributed by atoms with van der Waals surface area (Å²) in [4.78, 5) is 21.7. The zero-order chi connectivity index (χ0) is 17.6. The Morgan fingerprint density at radius 1 is 1.28 bits per heavy atom. The molecular weight excluding hydrogens is 312 g/mol. The monoisotopic (exact) mass is 344 g/mol. The van der Waals surface area contributed by atoms with E-state index in [1.54, 1.807) is 0 Å². The van der Waals surface area contributed by atoms with Crippen LogP contribution in [0.5, 0.6) is 0 Å². The molecule has 0 atom stereocenters. The van der Waals surface area contributed by atoms with Crippen molar-refractivity contribution in [2.45, 2.75) is 58.0 Å². The van der Waals surface area contributed by atoms with E-state index in [-0.39, 0.29) is 12.1 Å². The van der Waals surface area contributed by atoms with E-state index < -0.39 is 0 Å². The molecule has 1 aliphatic heterocycles. The van der Waals surface area contributed by atoms with Crippen LogP contribution < -0.4 is 5.32 Å². The quantitative estimate of drug-likeness (QED) is 0.827. The number of rotatable bonds is 7. The molecule has 2 heterocycles. The molecule has 1 saturated carbocycles. The number of hydrogen-bond acceptors (Lipinski definition) is 3. The molecule has 5 heteroatoms. The molecule has 3 rings (SSSR count). The molecule has 2 fully saturated rings. The Bertz CT molecular complexity index is 536. The highest BCUT2D eigenvalue weighted by molar-refractivity contribution is 5.74. The molecule has 2 amide bonds. The molecule has 0 bridgehead atoms. The van der Waals surface area contributed by atoms with Crippen LogP contribution in [0.1, 0.15) is 45.2 Å². The lowest BCUT2D eigenvalue weighted by atomic mass is 10.0. The van der Waals surface area contributed by atoms with E-state index in [0.717, 1.165) is 57.1 Å². The number of hydrogen-bond donors (Lipinski definition) is 1. The minimum Gasteiger partial charge on any atom is -0.336 e. The predicted octanol–water partition coefficient (Wildman–Crippen LogP) is 2.92. The Labute approximate surface area is 151 Å². The van der Waals surface area contributed by atoms with E-state index >= 15 is 0 Å². The summed E-state index contributed by atoms with van der Waals surface area (Å²) in [7, 11) is 0. The Hall–Kier alpha value is -1.62. The number of pyridine rings is 1. The Morgan fingerprint density at radius 3 is 2.64 bits per heavy atom. The maximum Gasteiger partial charge on any atom is 0.317 e. The van der Waals surface area contributed by atoms with Crippen LogP contribution in [0.4, 0.5) is 4.79 Å². The van der Waals surface area contributed by atoms with Crippen molar-refractivity contribution in [3.8, 4) is 0 Å². The van der Waals surface area contributed by atoms with Gasteiger partial charge in [0.25, 0.3) is 0 Å². The number of aromatic nitrogens is 1. The van der Waals surface area contributed by atoms with Crippen molar-refractivity contribution >= 4 is 6.03 Å². The van der Waals surface area contributed by atoms with Crippen LogP contribution in [0.15, 0.2) is 24.4 Å². The maximum atomic E-state index is 12.6. The maximum absolute atomic E-state index is 12.6. The lowest BCUT2D eigenvalue weighted by Gasteiger charge is -2.39. The average molecular weight is 345 g/mol. The van der Waals surface area contributed by atoms with Gasteiger partial charge in [0.15, 0.2) is 0 Å². The standard InChI is InChI=1S/C20H32N4O/c1-16(2)22-20(25)24(15-17-6-7-17)19-9-13-23(14-10-19)12-8-18-5-3-4-11-21-18/h3-5,11,16-17,19H,6-10,12-15H2,1-2H3,(H,22,25). The summed E-state index contributed by atoms with van der Waals surface area (Å²) in [5, 5.41) is 3.10. The third kappa shape index (κ3) is 5.70. The molecule has 0 radical (unpaired) electrons. The number of piperidine rings is 1. The minimum atomic E-state index is 0.133. The highest BCUT2D eigenvalue weighted by Crippen LogP contribution is 2.31. The van der Waals surface area contributed by atoms with E-state index in [4.69, 9.17) is 0 Å². The average Bonchev–Trinajstić information content (AvgIpc) is 3.43.